The van der Waals surface area contributed by atoms with Gasteiger partial charge in [-0.3, -0.25) is 0 Å². The monoisotopic (exact) mass is 192 g/mol. The molecule has 0 saturated heterocycles. The highest BCUT2D eigenvalue weighted by Crippen LogP contribution is 2.29. The molecule has 1 rings (SSSR count). The van der Waals surface area contributed by atoms with Crippen molar-refractivity contribution in [3.63, 3.8) is 0 Å². The van der Waals surface area contributed by atoms with Crippen LogP contribution in [-0.4, -0.2) is 18.2 Å². The van der Waals surface area contributed by atoms with E-state index < -0.39 is 5.97 Å². The Bertz CT molecular complexity index is 390. The van der Waals surface area contributed by atoms with Crippen LogP contribution in [0.1, 0.15) is 0 Å². The zero-order valence-corrected chi connectivity index (χ0v) is 7.48. The van der Waals surface area contributed by atoms with Crippen LogP contribution in [0.25, 0.3) is 0 Å². The van der Waals surface area contributed by atoms with Gasteiger partial charge in [-0.2, -0.15) is 0 Å². The lowest BCUT2D eigenvalue weighted by Crippen LogP contribution is -2.03. The zero-order valence-electron chi connectivity index (χ0n) is 7.48. The van der Waals surface area contributed by atoms with Gasteiger partial charge in [0.2, 0.25) is 0 Å². The van der Waals surface area contributed by atoms with E-state index in [4.69, 9.17) is 11.2 Å². The van der Waals surface area contributed by atoms with Gasteiger partial charge in [-0.15, -0.1) is 6.42 Å². The molecule has 0 bridgehead atoms. The van der Waals surface area contributed by atoms with Crippen LogP contribution in [0.3, 0.4) is 0 Å². The molecule has 0 saturated carbocycles. The summed E-state index contributed by atoms with van der Waals surface area (Å²) in [6.07, 6.45) is 4.80. The van der Waals surface area contributed by atoms with E-state index in [1.807, 2.05) is 0 Å². The van der Waals surface area contributed by atoms with Crippen molar-refractivity contribution < 1.29 is 19.4 Å². The van der Waals surface area contributed by atoms with Crippen molar-refractivity contribution in [2.45, 2.75) is 0 Å². The third-order valence-corrected chi connectivity index (χ3v) is 1.48. The summed E-state index contributed by atoms with van der Waals surface area (Å²) in [4.78, 5) is 10.7. The molecule has 1 aromatic rings. The highest BCUT2D eigenvalue weighted by molar-refractivity contribution is 5.89. The molecule has 0 heterocycles. The summed E-state index contributed by atoms with van der Waals surface area (Å²) in [6.45, 7) is 0. The first-order valence-electron chi connectivity index (χ1n) is 3.73. The van der Waals surface area contributed by atoms with E-state index in [0.717, 1.165) is 0 Å². The maximum atomic E-state index is 10.7. The molecule has 4 heteroatoms. The summed E-state index contributed by atoms with van der Waals surface area (Å²) in [5.41, 5.74) is 0. The lowest BCUT2D eigenvalue weighted by atomic mass is 10.3. The van der Waals surface area contributed by atoms with Gasteiger partial charge in [-0.25, -0.2) is 4.79 Å². The Morgan fingerprint density at radius 1 is 1.57 bits per heavy atom. The molecular weight excluding hydrogens is 184 g/mol. The minimum Gasteiger partial charge on any atom is -0.504 e. The average Bonchev–Trinajstić information content (AvgIpc) is 2.18. The number of phenolic OH excluding ortho intramolecular Hbond substituents is 1. The highest BCUT2D eigenvalue weighted by Gasteiger charge is 2.05. The molecule has 0 radical (unpaired) electrons. The van der Waals surface area contributed by atoms with Crippen LogP contribution < -0.4 is 9.47 Å². The van der Waals surface area contributed by atoms with E-state index in [-0.39, 0.29) is 11.5 Å². The first-order valence-corrected chi connectivity index (χ1v) is 3.73. The SMILES string of the molecule is C#CC(=O)Oc1ccc(OC)c(O)c1. The minimum atomic E-state index is -0.811. The van der Waals surface area contributed by atoms with Crippen LogP contribution in [-0.2, 0) is 4.79 Å². The molecule has 0 aromatic heterocycles. The van der Waals surface area contributed by atoms with Gasteiger partial charge in [0.1, 0.15) is 5.75 Å². The summed E-state index contributed by atoms with van der Waals surface area (Å²) >= 11 is 0. The molecule has 72 valence electrons. The van der Waals surface area contributed by atoms with Crippen molar-refractivity contribution in [3.8, 4) is 29.6 Å². The third-order valence-electron chi connectivity index (χ3n) is 1.48. The van der Waals surface area contributed by atoms with Crippen LogP contribution in [0.15, 0.2) is 18.2 Å². The lowest BCUT2D eigenvalue weighted by molar-refractivity contribution is -0.128. The van der Waals surface area contributed by atoms with E-state index >= 15 is 0 Å². The molecule has 0 amide bonds. The van der Waals surface area contributed by atoms with Gasteiger partial charge >= 0.3 is 5.97 Å². The van der Waals surface area contributed by atoms with Crippen molar-refractivity contribution in [3.05, 3.63) is 18.2 Å². The largest absolute Gasteiger partial charge is 0.504 e. The van der Waals surface area contributed by atoms with Crippen LogP contribution in [0.4, 0.5) is 0 Å². The highest BCUT2D eigenvalue weighted by atomic mass is 16.5. The average molecular weight is 192 g/mol. The second-order valence-corrected chi connectivity index (χ2v) is 2.37. The predicted octanol–water partition coefficient (Wildman–Crippen LogP) is 0.939. The third kappa shape index (κ3) is 2.17. The van der Waals surface area contributed by atoms with E-state index in [0.29, 0.717) is 5.75 Å². The van der Waals surface area contributed by atoms with E-state index in [1.165, 1.54) is 25.3 Å². The van der Waals surface area contributed by atoms with Gasteiger partial charge in [0.05, 0.1) is 7.11 Å². The molecule has 0 atom stereocenters. The molecular formula is C10H8O4. The van der Waals surface area contributed by atoms with Crippen molar-refractivity contribution in [2.24, 2.45) is 0 Å². The fourth-order valence-corrected chi connectivity index (χ4v) is 0.870. The number of rotatable bonds is 2. The topological polar surface area (TPSA) is 55.8 Å². The van der Waals surface area contributed by atoms with Gasteiger partial charge in [0, 0.05) is 12.0 Å². The number of benzene rings is 1. The number of terminal acetylenes is 1. The predicted molar refractivity (Wildman–Crippen MR) is 49.1 cm³/mol. The quantitative estimate of drug-likeness (QED) is 0.328. The maximum absolute atomic E-state index is 10.7. The normalized spacial score (nSPS) is 8.86. The summed E-state index contributed by atoms with van der Waals surface area (Å²) in [5, 5.41) is 9.31. The molecule has 0 unspecified atom stereocenters. The summed E-state index contributed by atoms with van der Waals surface area (Å²) in [6, 6.07) is 4.18. The fourth-order valence-electron chi connectivity index (χ4n) is 0.870. The maximum Gasteiger partial charge on any atom is 0.389 e. The van der Waals surface area contributed by atoms with Crippen LogP contribution in [0.2, 0.25) is 0 Å². The van der Waals surface area contributed by atoms with Crippen molar-refractivity contribution in [1.29, 1.82) is 0 Å². The first kappa shape index (κ1) is 9.93. The number of aromatic hydroxyl groups is 1. The molecule has 4 nitrogen and oxygen atoms in total. The van der Waals surface area contributed by atoms with Crippen molar-refractivity contribution in [2.75, 3.05) is 7.11 Å². The summed E-state index contributed by atoms with van der Waals surface area (Å²) < 4.78 is 9.45. The van der Waals surface area contributed by atoms with Gasteiger partial charge in [-0.05, 0) is 12.1 Å². The summed E-state index contributed by atoms with van der Waals surface area (Å²) in [7, 11) is 1.42. The Kier molecular flexibility index (Phi) is 2.97. The Labute approximate surface area is 81.1 Å². The number of methoxy groups -OCH3 is 1. The molecule has 0 aliphatic rings. The van der Waals surface area contributed by atoms with Crippen LogP contribution in [0, 0.1) is 12.3 Å². The fraction of sp³-hybridized carbons (Fsp3) is 0.100. The molecule has 1 N–H and O–H groups in total. The molecule has 0 spiro atoms. The Morgan fingerprint density at radius 3 is 2.79 bits per heavy atom. The molecule has 14 heavy (non-hydrogen) atoms. The second-order valence-electron chi connectivity index (χ2n) is 2.37. The number of ether oxygens (including phenoxy) is 2. The number of carbonyl (C=O) groups is 1. The number of esters is 1. The van der Waals surface area contributed by atoms with Crippen molar-refractivity contribution in [1.82, 2.24) is 0 Å². The van der Waals surface area contributed by atoms with Crippen LogP contribution in [0.5, 0.6) is 17.2 Å². The van der Waals surface area contributed by atoms with Crippen LogP contribution >= 0.6 is 0 Å². The number of phenols is 1. The molecule has 0 aliphatic heterocycles. The van der Waals surface area contributed by atoms with Gasteiger partial charge in [0.25, 0.3) is 0 Å². The standard InChI is InChI=1S/C10H8O4/c1-3-10(12)14-7-4-5-9(13-2)8(11)6-7/h1,4-6,11H,2H3. The van der Waals surface area contributed by atoms with E-state index in [1.54, 1.807) is 5.92 Å². The molecule has 0 fully saturated rings. The Hall–Kier alpha value is -2.15. The Balaban J connectivity index is 2.87. The number of hydrogen-bond donors (Lipinski definition) is 1. The first-order chi connectivity index (χ1) is 6.67. The zero-order chi connectivity index (χ0) is 10.6. The smallest absolute Gasteiger partial charge is 0.389 e. The van der Waals surface area contributed by atoms with Crippen molar-refractivity contribution >= 4 is 5.97 Å². The second kappa shape index (κ2) is 4.19. The lowest BCUT2D eigenvalue weighted by Gasteiger charge is -2.04. The van der Waals surface area contributed by atoms with E-state index in [2.05, 4.69) is 4.74 Å². The number of carbonyl (C=O) groups excluding carboxylic acids is 1. The van der Waals surface area contributed by atoms with Gasteiger partial charge < -0.3 is 14.6 Å². The number of hydrogen-bond acceptors (Lipinski definition) is 4. The van der Waals surface area contributed by atoms with Gasteiger partial charge in [-0.1, -0.05) is 0 Å². The molecule has 0 aliphatic carbocycles. The van der Waals surface area contributed by atoms with Gasteiger partial charge in [0.15, 0.2) is 11.5 Å². The summed E-state index contributed by atoms with van der Waals surface area (Å²) in [5.74, 6) is 1.33. The molecule has 1 aromatic carbocycles. The Morgan fingerprint density at radius 2 is 2.29 bits per heavy atom. The minimum absolute atomic E-state index is 0.116. The van der Waals surface area contributed by atoms with E-state index in [9.17, 15) is 9.90 Å².